The minimum Gasteiger partial charge on any atom is -0.135 e. The summed E-state index contributed by atoms with van der Waals surface area (Å²) in [4.78, 5) is 0. The third kappa shape index (κ3) is 2.52. The number of benzene rings is 4. The number of aryl methyl sites for hydroxylation is 1. The summed E-state index contributed by atoms with van der Waals surface area (Å²) in [6, 6.07) is 31.4. The van der Waals surface area contributed by atoms with E-state index in [1.165, 1.54) is 57.7 Å². The fraction of sp³-hybridized carbons (Fsp3) is 0.129. The van der Waals surface area contributed by atoms with Crippen molar-refractivity contribution in [3.63, 3.8) is 0 Å². The number of fused-ring (bicyclic) bond motifs is 8. The van der Waals surface area contributed by atoms with Crippen LogP contribution >= 0.6 is 11.3 Å². The van der Waals surface area contributed by atoms with Crippen molar-refractivity contribution in [1.29, 1.82) is 0 Å². The lowest BCUT2D eigenvalue weighted by Gasteiger charge is -2.12. The Bertz CT molecular complexity index is 1740. The van der Waals surface area contributed by atoms with E-state index in [0.29, 0.717) is 5.92 Å². The van der Waals surface area contributed by atoms with Crippen LogP contribution in [0, 0.1) is 5.92 Å². The van der Waals surface area contributed by atoms with Gasteiger partial charge in [0.25, 0.3) is 0 Å². The van der Waals surface area contributed by atoms with Crippen LogP contribution in [0.2, 0.25) is 0 Å². The quantitative estimate of drug-likeness (QED) is 0.260. The van der Waals surface area contributed by atoms with Crippen LogP contribution in [-0.2, 0) is 6.42 Å². The molecule has 0 radical (unpaired) electrons. The molecule has 1 atom stereocenters. The second kappa shape index (κ2) is 6.85. The van der Waals surface area contributed by atoms with Crippen LogP contribution in [0.25, 0.3) is 53.4 Å². The lowest BCUT2D eigenvalue weighted by atomic mass is 9.94. The Balaban J connectivity index is 1.45. The highest BCUT2D eigenvalue weighted by atomic mass is 32.1. The zero-order valence-electron chi connectivity index (χ0n) is 18.1. The first-order valence-electron chi connectivity index (χ1n) is 11.5. The molecule has 0 N–H and O–H groups in total. The molecule has 0 fully saturated rings. The minimum atomic E-state index is 0.488. The standard InChI is InChI=1S/C31H23S/c1-19-18-20-14-17-29-31(27-12-6-7-13-28(27)32-29)30(20)21(19)15-16-26-24-10-4-2-8-22(24)23-9-3-5-11-25(23)26/h2-14,17-19H,15-16H2,1H3/q-1. The van der Waals surface area contributed by atoms with E-state index in [1.54, 1.807) is 5.57 Å². The summed E-state index contributed by atoms with van der Waals surface area (Å²) < 4.78 is 2.80. The number of hydrogen-bond donors (Lipinski definition) is 0. The van der Waals surface area contributed by atoms with E-state index < -0.39 is 0 Å². The van der Waals surface area contributed by atoms with Crippen LogP contribution in [0.5, 0.6) is 0 Å². The van der Waals surface area contributed by atoms with Crippen LogP contribution in [0.4, 0.5) is 0 Å². The van der Waals surface area contributed by atoms with E-state index in [4.69, 9.17) is 0 Å². The number of hydrogen-bond acceptors (Lipinski definition) is 1. The van der Waals surface area contributed by atoms with Gasteiger partial charge in [0.05, 0.1) is 0 Å². The van der Waals surface area contributed by atoms with Crippen molar-refractivity contribution in [3.05, 3.63) is 101 Å². The fourth-order valence-corrected chi connectivity index (χ4v) is 7.02. The average Bonchev–Trinajstić information content (AvgIpc) is 3.46. The van der Waals surface area contributed by atoms with E-state index in [2.05, 4.69) is 97.9 Å². The van der Waals surface area contributed by atoms with Crippen molar-refractivity contribution in [3.8, 4) is 0 Å². The van der Waals surface area contributed by atoms with Crippen LogP contribution < -0.4 is 10.4 Å². The van der Waals surface area contributed by atoms with Crippen LogP contribution in [0.1, 0.15) is 18.9 Å². The Hall–Kier alpha value is -3.29. The Morgan fingerprint density at radius 3 is 2.47 bits per heavy atom. The molecule has 1 heteroatoms. The van der Waals surface area contributed by atoms with Gasteiger partial charge in [-0.05, 0) is 34.9 Å². The highest BCUT2D eigenvalue weighted by molar-refractivity contribution is 7.25. The fourth-order valence-electron chi connectivity index (χ4n) is 5.90. The summed E-state index contributed by atoms with van der Waals surface area (Å²) >= 11 is 1.92. The number of rotatable bonds is 3. The van der Waals surface area contributed by atoms with Gasteiger partial charge < -0.3 is 0 Å². The second-order valence-electron chi connectivity index (χ2n) is 9.05. The predicted octanol–water partition coefficient (Wildman–Crippen LogP) is 7.29. The molecule has 7 rings (SSSR count). The first-order chi connectivity index (χ1) is 15.8. The minimum absolute atomic E-state index is 0.488. The summed E-state index contributed by atoms with van der Waals surface area (Å²) in [5, 5.41) is 11.4. The van der Waals surface area contributed by atoms with E-state index in [0.717, 1.165) is 12.8 Å². The molecule has 0 nitrogen and oxygen atoms in total. The Morgan fingerprint density at radius 1 is 0.750 bits per heavy atom. The van der Waals surface area contributed by atoms with Crippen molar-refractivity contribution < 1.29 is 0 Å². The molecule has 0 saturated carbocycles. The molecule has 1 aromatic heterocycles. The molecule has 0 amide bonds. The summed E-state index contributed by atoms with van der Waals surface area (Å²) in [5.41, 5.74) is 3.11. The monoisotopic (exact) mass is 427 g/mol. The molecule has 0 bridgehead atoms. The van der Waals surface area contributed by atoms with Gasteiger partial charge in [-0.1, -0.05) is 83.6 Å². The van der Waals surface area contributed by atoms with Crippen molar-refractivity contribution in [2.45, 2.75) is 19.8 Å². The second-order valence-corrected chi connectivity index (χ2v) is 10.1. The Kier molecular flexibility index (Phi) is 3.92. The molecule has 5 aromatic carbocycles. The van der Waals surface area contributed by atoms with Gasteiger partial charge in [0.1, 0.15) is 0 Å². The van der Waals surface area contributed by atoms with Gasteiger partial charge in [-0.3, -0.25) is 0 Å². The summed E-state index contributed by atoms with van der Waals surface area (Å²) in [6.45, 7) is 2.37. The first kappa shape index (κ1) is 18.3. The summed E-state index contributed by atoms with van der Waals surface area (Å²) in [6.07, 6.45) is 4.66. The van der Waals surface area contributed by atoms with Gasteiger partial charge in [-0.25, -0.2) is 0 Å². The molecule has 1 heterocycles. The summed E-state index contributed by atoms with van der Waals surface area (Å²) in [7, 11) is 0. The Morgan fingerprint density at radius 2 is 1.53 bits per heavy atom. The van der Waals surface area contributed by atoms with Crippen molar-refractivity contribution in [2.75, 3.05) is 0 Å². The Labute approximate surface area is 191 Å². The first-order valence-corrected chi connectivity index (χ1v) is 12.3. The van der Waals surface area contributed by atoms with Gasteiger partial charge in [-0.15, -0.1) is 52.6 Å². The lowest BCUT2D eigenvalue weighted by Crippen LogP contribution is -2.23. The van der Waals surface area contributed by atoms with Crippen LogP contribution in [-0.4, -0.2) is 0 Å². The largest absolute Gasteiger partial charge is 0.135 e. The zero-order chi connectivity index (χ0) is 21.2. The van der Waals surface area contributed by atoms with Crippen LogP contribution in [0.15, 0.2) is 84.9 Å². The molecule has 0 saturated heterocycles. The molecular formula is C31H23S-. The SMILES string of the molecule is CC1C=c2ccc3sc4ccccc4c3c2=C1CCc1c2ccccc2[c-]2ccccc12. The maximum absolute atomic E-state index is 2.47. The predicted molar refractivity (Wildman–Crippen MR) is 141 cm³/mol. The normalized spacial score (nSPS) is 15.8. The zero-order valence-corrected chi connectivity index (χ0v) is 18.9. The molecule has 0 spiro atoms. The third-order valence-electron chi connectivity index (χ3n) is 7.31. The molecule has 0 aliphatic heterocycles. The topological polar surface area (TPSA) is 0 Å². The van der Waals surface area contributed by atoms with Crippen molar-refractivity contribution in [1.82, 2.24) is 0 Å². The van der Waals surface area contributed by atoms with E-state index >= 15 is 0 Å². The molecule has 1 unspecified atom stereocenters. The average molecular weight is 428 g/mol. The van der Waals surface area contributed by atoms with Gasteiger partial charge in [0.15, 0.2) is 0 Å². The van der Waals surface area contributed by atoms with Crippen molar-refractivity contribution in [2.24, 2.45) is 5.92 Å². The smallest absolute Gasteiger partial charge is 0.0361 e. The third-order valence-corrected chi connectivity index (χ3v) is 8.45. The van der Waals surface area contributed by atoms with E-state index in [-0.39, 0.29) is 0 Å². The lowest BCUT2D eigenvalue weighted by molar-refractivity contribution is 0.915. The van der Waals surface area contributed by atoms with Gasteiger partial charge in [0, 0.05) is 20.2 Å². The molecule has 1 aliphatic carbocycles. The van der Waals surface area contributed by atoms with E-state index in [1.807, 2.05) is 11.3 Å². The highest BCUT2D eigenvalue weighted by Gasteiger charge is 2.18. The van der Waals surface area contributed by atoms with Gasteiger partial charge in [0.2, 0.25) is 0 Å². The van der Waals surface area contributed by atoms with E-state index in [9.17, 15) is 0 Å². The molecule has 1 aliphatic rings. The molecular weight excluding hydrogens is 404 g/mol. The van der Waals surface area contributed by atoms with Gasteiger partial charge in [-0.2, -0.15) is 0 Å². The molecule has 6 aromatic rings. The van der Waals surface area contributed by atoms with Gasteiger partial charge >= 0.3 is 0 Å². The maximum atomic E-state index is 2.47. The summed E-state index contributed by atoms with van der Waals surface area (Å²) in [5.74, 6) is 0.488. The molecule has 32 heavy (non-hydrogen) atoms. The maximum Gasteiger partial charge on any atom is 0.0361 e. The number of thiophene rings is 1. The van der Waals surface area contributed by atoms with Crippen LogP contribution in [0.3, 0.4) is 0 Å². The highest BCUT2D eigenvalue weighted by Crippen LogP contribution is 2.36. The molecule has 154 valence electrons. The van der Waals surface area contributed by atoms with Crippen molar-refractivity contribution >= 4 is 64.7 Å².